The quantitative estimate of drug-likeness (QED) is 0.451. The number of hydrogen-bond acceptors (Lipinski definition) is 6. The molecule has 0 spiro atoms. The van der Waals surface area contributed by atoms with Crippen molar-refractivity contribution >= 4 is 38.4 Å². The number of hydrogen-bond donors (Lipinski definition) is 1. The number of ether oxygens (including phenoxy) is 1. The molecule has 0 unspecified atom stereocenters. The summed E-state index contributed by atoms with van der Waals surface area (Å²) in [6.07, 6.45) is 2.57. The van der Waals surface area contributed by atoms with Crippen LogP contribution in [0.25, 0.3) is 26.4 Å². The zero-order valence-electron chi connectivity index (χ0n) is 17.2. The summed E-state index contributed by atoms with van der Waals surface area (Å²) >= 11 is 1.43. The molecule has 0 bridgehead atoms. The number of carbonyl (C=O) groups excluding carboxylic acids is 1. The zero-order valence-corrected chi connectivity index (χ0v) is 18.0. The Morgan fingerprint density at radius 1 is 1.09 bits per heavy atom. The number of aromatic nitrogens is 4. The number of H-pyrrole nitrogens is 1. The van der Waals surface area contributed by atoms with Gasteiger partial charge in [0.2, 0.25) is 5.13 Å². The first-order valence-electron chi connectivity index (χ1n) is 10.3. The number of carbonyl (C=O) groups is 1. The van der Waals surface area contributed by atoms with Crippen LogP contribution in [0, 0.1) is 0 Å². The molecule has 0 amide bonds. The minimum atomic E-state index is -0.230. The summed E-state index contributed by atoms with van der Waals surface area (Å²) in [4.78, 5) is 35.4. The Morgan fingerprint density at radius 3 is 2.69 bits per heavy atom. The number of ketones is 1. The Hall–Kier alpha value is -3.78. The normalized spacial score (nSPS) is 15.9. The highest BCUT2D eigenvalue weighted by atomic mass is 32.1. The minimum absolute atomic E-state index is 0.00305. The summed E-state index contributed by atoms with van der Waals surface area (Å²) in [5.41, 5.74) is 3.42. The number of para-hydroxylation sites is 1. The molecule has 1 atom stereocenters. The van der Waals surface area contributed by atoms with E-state index in [0.29, 0.717) is 34.6 Å². The molecule has 0 aliphatic heterocycles. The number of rotatable bonds is 3. The van der Waals surface area contributed by atoms with E-state index in [1.807, 2.05) is 48.5 Å². The molecule has 158 valence electrons. The molecule has 2 aromatic carbocycles. The fourth-order valence-corrected chi connectivity index (χ4v) is 5.36. The molecule has 6 rings (SSSR count). The van der Waals surface area contributed by atoms with E-state index in [1.165, 1.54) is 16.0 Å². The number of nitrogens with zero attached hydrogens (tertiary/aromatic N) is 3. The van der Waals surface area contributed by atoms with Crippen LogP contribution in [0.4, 0.5) is 0 Å². The van der Waals surface area contributed by atoms with Crippen LogP contribution in [0.3, 0.4) is 0 Å². The lowest BCUT2D eigenvalue weighted by molar-refractivity contribution is 0.0964. The number of Topliss-reactive ketones (excluding diaryl/α,β-unsaturated/α-hetero) is 1. The van der Waals surface area contributed by atoms with Gasteiger partial charge in [0.25, 0.3) is 5.56 Å². The summed E-state index contributed by atoms with van der Waals surface area (Å²) in [5.74, 6) is 0.776. The molecular weight excluding hydrogens is 424 g/mol. The van der Waals surface area contributed by atoms with Crippen LogP contribution in [0.15, 0.2) is 59.5 Å². The number of pyridine rings is 1. The first kappa shape index (κ1) is 18.9. The molecule has 7 nitrogen and oxygen atoms in total. The van der Waals surface area contributed by atoms with E-state index >= 15 is 0 Å². The van der Waals surface area contributed by atoms with Gasteiger partial charge in [0.15, 0.2) is 11.4 Å². The molecule has 3 aromatic heterocycles. The first-order chi connectivity index (χ1) is 15.6. The van der Waals surface area contributed by atoms with Gasteiger partial charge in [-0.25, -0.2) is 9.97 Å². The molecule has 8 heteroatoms. The summed E-state index contributed by atoms with van der Waals surface area (Å²) in [5, 5.41) is 4.11. The lowest BCUT2D eigenvalue weighted by Gasteiger charge is -2.24. The third-order valence-electron chi connectivity index (χ3n) is 6.06. The predicted molar refractivity (Wildman–Crippen MR) is 123 cm³/mol. The van der Waals surface area contributed by atoms with Crippen LogP contribution in [-0.2, 0) is 6.42 Å². The Kier molecular flexibility index (Phi) is 4.22. The first-order valence-corrected chi connectivity index (χ1v) is 11.1. The Balaban J connectivity index is 1.48. The van der Waals surface area contributed by atoms with Gasteiger partial charge in [0, 0.05) is 18.2 Å². The number of methoxy groups -OCH3 is 1. The average molecular weight is 443 g/mol. The van der Waals surface area contributed by atoms with Crippen LogP contribution < -0.4 is 10.3 Å². The number of nitrogens with one attached hydrogen (secondary N) is 1. The smallest absolute Gasteiger partial charge is 0.283 e. The highest BCUT2D eigenvalue weighted by molar-refractivity contribution is 7.20. The van der Waals surface area contributed by atoms with Gasteiger partial charge in [-0.3, -0.25) is 14.7 Å². The number of benzene rings is 2. The number of thiazole rings is 1. The molecular formula is C24H18N4O3S. The fraction of sp³-hybridized carbons (Fsp3) is 0.167. The SMILES string of the molecule is COc1ccc([C@H]2CC(=O)c3cnc4[nH]n(-c5nc6ccccc6s5)c(=O)c4c3C2)cc1. The molecule has 0 saturated heterocycles. The lowest BCUT2D eigenvalue weighted by Crippen LogP contribution is -2.22. The van der Waals surface area contributed by atoms with Crippen molar-refractivity contribution in [2.24, 2.45) is 0 Å². The van der Waals surface area contributed by atoms with Gasteiger partial charge in [-0.2, -0.15) is 4.68 Å². The van der Waals surface area contributed by atoms with Crippen molar-refractivity contribution in [1.29, 1.82) is 0 Å². The maximum Gasteiger partial charge on any atom is 0.283 e. The van der Waals surface area contributed by atoms with Gasteiger partial charge in [-0.1, -0.05) is 35.6 Å². The third kappa shape index (κ3) is 2.87. The van der Waals surface area contributed by atoms with E-state index < -0.39 is 0 Å². The van der Waals surface area contributed by atoms with Crippen LogP contribution in [0.2, 0.25) is 0 Å². The largest absolute Gasteiger partial charge is 0.497 e. The van der Waals surface area contributed by atoms with Crippen LogP contribution in [-0.4, -0.2) is 32.6 Å². The Labute approximate surface area is 186 Å². The molecule has 0 fully saturated rings. The van der Waals surface area contributed by atoms with Crippen molar-refractivity contribution in [3.05, 3.63) is 81.8 Å². The maximum absolute atomic E-state index is 13.4. The van der Waals surface area contributed by atoms with E-state index in [4.69, 9.17) is 4.74 Å². The second kappa shape index (κ2) is 7.13. The number of aromatic amines is 1. The highest BCUT2D eigenvalue weighted by Gasteiger charge is 2.30. The van der Waals surface area contributed by atoms with E-state index in [-0.39, 0.29) is 17.3 Å². The molecule has 0 saturated carbocycles. The summed E-state index contributed by atoms with van der Waals surface area (Å²) < 4.78 is 7.68. The molecule has 32 heavy (non-hydrogen) atoms. The second-order valence-electron chi connectivity index (χ2n) is 7.89. The van der Waals surface area contributed by atoms with Gasteiger partial charge < -0.3 is 4.74 Å². The standard InChI is InChI=1S/C24H18N4O3S/c1-31-15-8-6-13(7-9-15)14-10-16-17(19(29)11-14)12-25-22-21(16)23(30)28(27-22)24-26-18-4-2-3-5-20(18)32-24/h2-9,12,14H,10-11H2,1H3,(H,25,27)/t14-/m1/s1. The van der Waals surface area contributed by atoms with Gasteiger partial charge in [-0.15, -0.1) is 0 Å². The molecule has 5 aromatic rings. The van der Waals surface area contributed by atoms with E-state index in [0.717, 1.165) is 27.1 Å². The fourth-order valence-electron chi connectivity index (χ4n) is 4.44. The van der Waals surface area contributed by atoms with Gasteiger partial charge >= 0.3 is 0 Å². The van der Waals surface area contributed by atoms with E-state index in [1.54, 1.807) is 13.3 Å². The van der Waals surface area contributed by atoms with E-state index in [2.05, 4.69) is 15.1 Å². The van der Waals surface area contributed by atoms with E-state index in [9.17, 15) is 9.59 Å². The van der Waals surface area contributed by atoms with Crippen molar-refractivity contribution in [2.75, 3.05) is 7.11 Å². The van der Waals surface area contributed by atoms with Crippen LogP contribution in [0.5, 0.6) is 5.75 Å². The minimum Gasteiger partial charge on any atom is -0.497 e. The average Bonchev–Trinajstić information content (AvgIpc) is 3.40. The van der Waals surface area contributed by atoms with Crippen LogP contribution in [0.1, 0.15) is 33.8 Å². The lowest BCUT2D eigenvalue weighted by atomic mass is 9.79. The molecule has 3 heterocycles. The van der Waals surface area contributed by atoms with Crippen molar-refractivity contribution in [1.82, 2.24) is 19.7 Å². The zero-order chi connectivity index (χ0) is 21.8. The second-order valence-corrected chi connectivity index (χ2v) is 8.90. The van der Waals surface area contributed by atoms with Crippen molar-refractivity contribution < 1.29 is 9.53 Å². The van der Waals surface area contributed by atoms with Gasteiger partial charge in [0.1, 0.15) is 5.75 Å². The highest BCUT2D eigenvalue weighted by Crippen LogP contribution is 2.35. The molecule has 1 N–H and O–H groups in total. The maximum atomic E-state index is 13.4. The number of fused-ring (bicyclic) bond motifs is 4. The van der Waals surface area contributed by atoms with Crippen molar-refractivity contribution in [3.63, 3.8) is 0 Å². The van der Waals surface area contributed by atoms with Gasteiger partial charge in [-0.05, 0) is 47.7 Å². The van der Waals surface area contributed by atoms with Crippen molar-refractivity contribution in [2.45, 2.75) is 18.8 Å². The summed E-state index contributed by atoms with van der Waals surface area (Å²) in [6.45, 7) is 0. The third-order valence-corrected chi connectivity index (χ3v) is 7.09. The topological polar surface area (TPSA) is 89.9 Å². The monoisotopic (exact) mass is 442 g/mol. The summed E-state index contributed by atoms with van der Waals surface area (Å²) in [7, 11) is 1.63. The molecule has 1 aliphatic carbocycles. The molecule has 0 radical (unpaired) electrons. The molecule has 1 aliphatic rings. The predicted octanol–water partition coefficient (Wildman–Crippen LogP) is 4.24. The van der Waals surface area contributed by atoms with Crippen molar-refractivity contribution in [3.8, 4) is 10.9 Å². The van der Waals surface area contributed by atoms with Crippen LogP contribution >= 0.6 is 11.3 Å². The summed E-state index contributed by atoms with van der Waals surface area (Å²) in [6, 6.07) is 15.5. The Bertz CT molecular complexity index is 1530. The Morgan fingerprint density at radius 2 is 1.91 bits per heavy atom. The van der Waals surface area contributed by atoms with Gasteiger partial charge in [0.05, 0.1) is 22.7 Å².